The van der Waals surface area contributed by atoms with Crippen LogP contribution in [0.2, 0.25) is 0 Å². The first-order valence-corrected chi connectivity index (χ1v) is 7.57. The SMILES string of the molecule is CCN(c1ccc2nnnn2n1)[C@@H](C)c1cc2ccccc2o1. The third-order valence-corrected chi connectivity index (χ3v) is 4.01. The van der Waals surface area contributed by atoms with Crippen LogP contribution in [0.4, 0.5) is 5.82 Å². The number of aromatic nitrogens is 5. The second-order valence-electron chi connectivity index (χ2n) is 5.37. The molecule has 0 fully saturated rings. The molecule has 0 aliphatic carbocycles. The van der Waals surface area contributed by atoms with E-state index in [-0.39, 0.29) is 6.04 Å². The molecule has 116 valence electrons. The first kappa shape index (κ1) is 13.7. The summed E-state index contributed by atoms with van der Waals surface area (Å²) in [5.74, 6) is 1.71. The Kier molecular flexibility index (Phi) is 3.18. The second kappa shape index (κ2) is 5.35. The average Bonchev–Trinajstić information content (AvgIpc) is 3.21. The average molecular weight is 308 g/mol. The van der Waals surface area contributed by atoms with Gasteiger partial charge in [-0.25, -0.2) is 0 Å². The number of furan rings is 1. The van der Waals surface area contributed by atoms with E-state index in [4.69, 9.17) is 4.42 Å². The van der Waals surface area contributed by atoms with E-state index in [1.807, 2.05) is 30.3 Å². The Bertz CT molecular complexity index is 926. The molecule has 0 saturated carbocycles. The lowest BCUT2D eigenvalue weighted by Gasteiger charge is -2.27. The highest BCUT2D eigenvalue weighted by Gasteiger charge is 2.20. The fourth-order valence-electron chi connectivity index (χ4n) is 2.79. The summed E-state index contributed by atoms with van der Waals surface area (Å²) in [6.07, 6.45) is 0. The number of anilines is 1. The molecule has 0 aliphatic heterocycles. The summed E-state index contributed by atoms with van der Waals surface area (Å²) in [7, 11) is 0. The van der Waals surface area contributed by atoms with Gasteiger partial charge in [-0.3, -0.25) is 0 Å². The topological polar surface area (TPSA) is 72.4 Å². The van der Waals surface area contributed by atoms with Crippen molar-refractivity contribution in [1.82, 2.24) is 25.3 Å². The van der Waals surface area contributed by atoms with Crippen LogP contribution in [0.5, 0.6) is 0 Å². The van der Waals surface area contributed by atoms with Gasteiger partial charge in [-0.1, -0.05) is 18.2 Å². The van der Waals surface area contributed by atoms with Crippen LogP contribution in [-0.2, 0) is 0 Å². The van der Waals surface area contributed by atoms with Crippen molar-refractivity contribution >= 4 is 22.4 Å². The van der Waals surface area contributed by atoms with E-state index < -0.39 is 0 Å². The molecule has 7 heteroatoms. The van der Waals surface area contributed by atoms with Gasteiger partial charge in [-0.15, -0.1) is 14.8 Å². The van der Waals surface area contributed by atoms with Crippen LogP contribution in [-0.4, -0.2) is 31.8 Å². The number of fused-ring (bicyclic) bond motifs is 2. The van der Waals surface area contributed by atoms with Gasteiger partial charge in [0.2, 0.25) is 0 Å². The van der Waals surface area contributed by atoms with Gasteiger partial charge in [-0.05, 0) is 48.5 Å². The van der Waals surface area contributed by atoms with Gasteiger partial charge in [0.05, 0.1) is 6.04 Å². The molecule has 4 aromatic rings. The maximum absolute atomic E-state index is 5.99. The molecular weight excluding hydrogens is 292 g/mol. The summed E-state index contributed by atoms with van der Waals surface area (Å²) in [5.41, 5.74) is 1.52. The number of nitrogens with zero attached hydrogens (tertiary/aromatic N) is 6. The first-order valence-electron chi connectivity index (χ1n) is 7.57. The van der Waals surface area contributed by atoms with Crippen LogP contribution in [0.25, 0.3) is 16.6 Å². The van der Waals surface area contributed by atoms with Crippen molar-refractivity contribution in [3.05, 3.63) is 48.2 Å². The minimum Gasteiger partial charge on any atom is -0.459 e. The third-order valence-electron chi connectivity index (χ3n) is 4.01. The minimum atomic E-state index is 0.0498. The van der Waals surface area contributed by atoms with E-state index in [1.54, 1.807) is 0 Å². The van der Waals surface area contributed by atoms with E-state index in [9.17, 15) is 0 Å². The molecule has 23 heavy (non-hydrogen) atoms. The van der Waals surface area contributed by atoms with Crippen LogP contribution < -0.4 is 4.90 Å². The van der Waals surface area contributed by atoms with E-state index in [1.165, 1.54) is 4.63 Å². The number of hydrogen-bond donors (Lipinski definition) is 0. The van der Waals surface area contributed by atoms with Crippen molar-refractivity contribution in [1.29, 1.82) is 0 Å². The molecule has 4 rings (SSSR count). The van der Waals surface area contributed by atoms with Gasteiger partial charge < -0.3 is 9.32 Å². The largest absolute Gasteiger partial charge is 0.459 e. The maximum Gasteiger partial charge on any atom is 0.200 e. The zero-order valence-electron chi connectivity index (χ0n) is 12.9. The van der Waals surface area contributed by atoms with E-state index in [0.29, 0.717) is 5.65 Å². The lowest BCUT2D eigenvalue weighted by molar-refractivity contribution is 0.490. The zero-order valence-corrected chi connectivity index (χ0v) is 12.9. The smallest absolute Gasteiger partial charge is 0.200 e. The van der Waals surface area contributed by atoms with Crippen LogP contribution in [0.3, 0.4) is 0 Å². The van der Waals surface area contributed by atoms with Crippen LogP contribution in [0.1, 0.15) is 25.6 Å². The van der Waals surface area contributed by atoms with Crippen molar-refractivity contribution < 1.29 is 4.42 Å². The second-order valence-corrected chi connectivity index (χ2v) is 5.37. The highest BCUT2D eigenvalue weighted by Crippen LogP contribution is 2.29. The standard InChI is InChI=1S/C16H16N6O/c1-3-21(16-9-8-15-17-19-20-22(15)18-16)11(2)14-10-12-6-4-5-7-13(12)23-14/h4-11H,3H2,1-2H3/t11-/m0/s1. The van der Waals surface area contributed by atoms with E-state index in [0.717, 1.165) is 29.1 Å². The summed E-state index contributed by atoms with van der Waals surface area (Å²) in [6, 6.07) is 13.9. The lowest BCUT2D eigenvalue weighted by atomic mass is 10.2. The lowest BCUT2D eigenvalue weighted by Crippen LogP contribution is -2.27. The van der Waals surface area contributed by atoms with Crippen molar-refractivity contribution in [2.45, 2.75) is 19.9 Å². The summed E-state index contributed by atoms with van der Waals surface area (Å²) in [6.45, 7) is 4.98. The van der Waals surface area contributed by atoms with Crippen molar-refractivity contribution in [3.63, 3.8) is 0 Å². The number of para-hydroxylation sites is 1. The van der Waals surface area contributed by atoms with Crippen molar-refractivity contribution in [2.24, 2.45) is 0 Å². The third kappa shape index (κ3) is 2.30. The van der Waals surface area contributed by atoms with Gasteiger partial charge in [-0.2, -0.15) is 0 Å². The molecule has 0 spiro atoms. The quantitative estimate of drug-likeness (QED) is 0.577. The summed E-state index contributed by atoms with van der Waals surface area (Å²) >= 11 is 0. The maximum atomic E-state index is 5.99. The van der Waals surface area contributed by atoms with Gasteiger partial charge in [0, 0.05) is 11.9 Å². The Morgan fingerprint density at radius 3 is 2.91 bits per heavy atom. The highest BCUT2D eigenvalue weighted by molar-refractivity contribution is 5.77. The van der Waals surface area contributed by atoms with Crippen molar-refractivity contribution in [2.75, 3.05) is 11.4 Å². The van der Waals surface area contributed by atoms with Crippen LogP contribution in [0, 0.1) is 0 Å². The molecular formula is C16H16N6O. The zero-order chi connectivity index (χ0) is 15.8. The van der Waals surface area contributed by atoms with Crippen LogP contribution in [0.15, 0.2) is 46.9 Å². The fourth-order valence-corrected chi connectivity index (χ4v) is 2.79. The number of benzene rings is 1. The molecule has 1 atom stereocenters. The highest BCUT2D eigenvalue weighted by atomic mass is 16.3. The predicted molar refractivity (Wildman–Crippen MR) is 86.2 cm³/mol. The molecule has 7 nitrogen and oxygen atoms in total. The van der Waals surface area contributed by atoms with Crippen LogP contribution >= 0.6 is 0 Å². The molecule has 3 aromatic heterocycles. The van der Waals surface area contributed by atoms with Crippen molar-refractivity contribution in [3.8, 4) is 0 Å². The molecule has 0 amide bonds. The predicted octanol–water partition coefficient (Wildman–Crippen LogP) is 2.85. The Morgan fingerprint density at radius 1 is 1.22 bits per heavy atom. The number of rotatable bonds is 4. The normalized spacial score (nSPS) is 12.8. The molecule has 3 heterocycles. The molecule has 0 N–H and O–H groups in total. The molecule has 0 radical (unpaired) electrons. The molecule has 0 aliphatic rings. The molecule has 0 bridgehead atoms. The first-order chi connectivity index (χ1) is 11.3. The van der Waals surface area contributed by atoms with E-state index in [2.05, 4.69) is 51.5 Å². The van der Waals surface area contributed by atoms with Gasteiger partial charge >= 0.3 is 0 Å². The molecule has 1 aromatic carbocycles. The Morgan fingerprint density at radius 2 is 2.09 bits per heavy atom. The van der Waals surface area contributed by atoms with Gasteiger partial charge in [0.1, 0.15) is 11.3 Å². The minimum absolute atomic E-state index is 0.0498. The fraction of sp³-hybridized carbons (Fsp3) is 0.250. The summed E-state index contributed by atoms with van der Waals surface area (Å²) < 4.78 is 7.42. The molecule has 0 saturated heterocycles. The Balaban J connectivity index is 1.72. The monoisotopic (exact) mass is 308 g/mol. The summed E-state index contributed by atoms with van der Waals surface area (Å²) in [5, 5.41) is 16.9. The van der Waals surface area contributed by atoms with Gasteiger partial charge in [0.15, 0.2) is 11.5 Å². The van der Waals surface area contributed by atoms with E-state index >= 15 is 0 Å². The van der Waals surface area contributed by atoms with Gasteiger partial charge in [0.25, 0.3) is 0 Å². The number of tetrazole rings is 1. The Labute approximate surface area is 132 Å². The Hall–Kier alpha value is -2.96. The number of hydrogen-bond acceptors (Lipinski definition) is 6. The summed E-state index contributed by atoms with van der Waals surface area (Å²) in [4.78, 5) is 2.15. The molecule has 0 unspecified atom stereocenters.